The van der Waals surface area contributed by atoms with Crippen molar-refractivity contribution in [1.29, 1.82) is 0 Å². The molecule has 1 saturated heterocycles. The third-order valence-corrected chi connectivity index (χ3v) is 3.62. The Kier molecular flexibility index (Phi) is 5.72. The van der Waals surface area contributed by atoms with Crippen LogP contribution in [0.4, 0.5) is 4.79 Å². The molecule has 1 aromatic carbocycles. The van der Waals surface area contributed by atoms with E-state index in [2.05, 4.69) is 52.3 Å². The third-order valence-electron chi connectivity index (χ3n) is 3.62. The van der Waals surface area contributed by atoms with Crippen molar-refractivity contribution < 1.29 is 9.53 Å². The van der Waals surface area contributed by atoms with E-state index < -0.39 is 6.09 Å². The van der Waals surface area contributed by atoms with Gasteiger partial charge >= 0.3 is 6.09 Å². The van der Waals surface area contributed by atoms with Gasteiger partial charge in [-0.3, -0.25) is 4.98 Å². The van der Waals surface area contributed by atoms with Gasteiger partial charge in [0.2, 0.25) is 0 Å². The van der Waals surface area contributed by atoms with Crippen molar-refractivity contribution in [2.75, 3.05) is 13.1 Å². The van der Waals surface area contributed by atoms with E-state index in [1.54, 1.807) is 0 Å². The monoisotopic (exact) mass is 301 g/mol. The second kappa shape index (κ2) is 7.75. The number of nitrogens with one attached hydrogen (secondary N) is 1. The molecule has 2 aromatic rings. The average molecular weight is 301 g/mol. The van der Waals surface area contributed by atoms with Gasteiger partial charge in [-0.05, 0) is 37.9 Å². The molecule has 1 aliphatic rings. The van der Waals surface area contributed by atoms with Crippen molar-refractivity contribution >= 4 is 17.0 Å². The number of carbonyl (C=O) groups is 1. The van der Waals surface area contributed by atoms with Crippen LogP contribution in [0.3, 0.4) is 0 Å². The standard InChI is InChI=1S/C12H13N.C5H10N2O2/c1-3-10-5-4-6-11-8-7-9(2)13-12(10)11;6-5(8)9-4-1-2-7-3-4/h4-8H,3H2,1-2H3;4,7H,1-3H2,(H2,6,8). The molecule has 1 fully saturated rings. The van der Waals surface area contributed by atoms with Gasteiger partial charge in [-0.2, -0.15) is 0 Å². The molecule has 2 heterocycles. The van der Waals surface area contributed by atoms with Crippen LogP contribution in [0.15, 0.2) is 30.3 Å². The maximum Gasteiger partial charge on any atom is 0.404 e. The lowest BCUT2D eigenvalue weighted by Crippen LogP contribution is -2.24. The number of aromatic nitrogens is 1. The van der Waals surface area contributed by atoms with Crippen molar-refractivity contribution in [2.45, 2.75) is 32.8 Å². The molecule has 118 valence electrons. The predicted molar refractivity (Wildman–Crippen MR) is 87.8 cm³/mol. The number of ether oxygens (including phenoxy) is 1. The Bertz CT molecular complexity index is 637. The zero-order valence-corrected chi connectivity index (χ0v) is 13.1. The number of benzene rings is 1. The molecule has 0 saturated carbocycles. The molecule has 0 bridgehead atoms. The van der Waals surface area contributed by atoms with Gasteiger partial charge in [0, 0.05) is 17.6 Å². The number of primary amides is 1. The highest BCUT2D eigenvalue weighted by molar-refractivity contribution is 5.81. The fraction of sp³-hybridized carbons (Fsp3) is 0.412. The lowest BCUT2D eigenvalue weighted by atomic mass is 10.1. The zero-order valence-electron chi connectivity index (χ0n) is 13.1. The van der Waals surface area contributed by atoms with Gasteiger partial charge in [0.1, 0.15) is 6.10 Å². The van der Waals surface area contributed by atoms with Gasteiger partial charge in [0.15, 0.2) is 0 Å². The number of hydrogen-bond acceptors (Lipinski definition) is 4. The first kappa shape index (κ1) is 16.2. The first-order valence-electron chi connectivity index (χ1n) is 7.62. The first-order valence-corrected chi connectivity index (χ1v) is 7.62. The van der Waals surface area contributed by atoms with Crippen LogP contribution in [0.1, 0.15) is 24.6 Å². The number of para-hydroxylation sites is 1. The number of hydrogen-bond donors (Lipinski definition) is 2. The van der Waals surface area contributed by atoms with Gasteiger partial charge in [-0.25, -0.2) is 4.79 Å². The molecule has 0 spiro atoms. The van der Waals surface area contributed by atoms with Crippen LogP contribution in [0.5, 0.6) is 0 Å². The molecule has 1 atom stereocenters. The highest BCUT2D eigenvalue weighted by Crippen LogP contribution is 2.17. The van der Waals surface area contributed by atoms with E-state index in [1.807, 2.05) is 6.92 Å². The van der Waals surface area contributed by atoms with Crippen LogP contribution < -0.4 is 11.1 Å². The van der Waals surface area contributed by atoms with Crippen LogP contribution in [0.2, 0.25) is 0 Å². The molecular formula is C17H23N3O2. The van der Waals surface area contributed by atoms with Crippen LogP contribution in [0, 0.1) is 6.92 Å². The van der Waals surface area contributed by atoms with E-state index in [0.717, 1.165) is 37.1 Å². The minimum absolute atomic E-state index is 0.00231. The predicted octanol–water partition coefficient (Wildman–Crippen LogP) is 2.55. The van der Waals surface area contributed by atoms with E-state index in [0.29, 0.717) is 0 Å². The molecule has 1 unspecified atom stereocenters. The minimum Gasteiger partial charge on any atom is -0.445 e. The van der Waals surface area contributed by atoms with Crippen molar-refractivity contribution in [3.63, 3.8) is 0 Å². The first-order chi connectivity index (χ1) is 10.6. The van der Waals surface area contributed by atoms with E-state index in [-0.39, 0.29) is 6.10 Å². The van der Waals surface area contributed by atoms with Crippen LogP contribution in [-0.2, 0) is 11.2 Å². The van der Waals surface area contributed by atoms with Crippen LogP contribution >= 0.6 is 0 Å². The van der Waals surface area contributed by atoms with Crippen molar-refractivity contribution in [1.82, 2.24) is 10.3 Å². The molecule has 1 aromatic heterocycles. The summed E-state index contributed by atoms with van der Waals surface area (Å²) in [5, 5.41) is 4.29. The number of nitrogens with zero attached hydrogens (tertiary/aromatic N) is 1. The Morgan fingerprint density at radius 3 is 2.86 bits per heavy atom. The van der Waals surface area contributed by atoms with Crippen molar-refractivity contribution in [3.8, 4) is 0 Å². The SMILES string of the molecule is CCc1cccc2ccc(C)nc12.NC(=O)OC1CCNC1. The lowest BCUT2D eigenvalue weighted by Gasteiger charge is -2.05. The molecule has 5 heteroatoms. The van der Waals surface area contributed by atoms with Gasteiger partial charge in [-0.1, -0.05) is 31.2 Å². The summed E-state index contributed by atoms with van der Waals surface area (Å²) in [5.41, 5.74) is 8.37. The number of rotatable bonds is 2. The molecule has 1 amide bonds. The second-order valence-electron chi connectivity index (χ2n) is 5.35. The highest BCUT2D eigenvalue weighted by atomic mass is 16.6. The number of amides is 1. The Hall–Kier alpha value is -2.14. The lowest BCUT2D eigenvalue weighted by molar-refractivity contribution is 0.117. The fourth-order valence-corrected chi connectivity index (χ4v) is 2.48. The Morgan fingerprint density at radius 1 is 1.41 bits per heavy atom. The fourth-order valence-electron chi connectivity index (χ4n) is 2.48. The van der Waals surface area contributed by atoms with E-state index in [9.17, 15) is 4.79 Å². The second-order valence-corrected chi connectivity index (χ2v) is 5.35. The number of aryl methyl sites for hydroxylation is 2. The summed E-state index contributed by atoms with van der Waals surface area (Å²) < 4.78 is 4.69. The number of pyridine rings is 1. The molecule has 1 aliphatic heterocycles. The van der Waals surface area contributed by atoms with Gasteiger partial charge in [0.25, 0.3) is 0 Å². The van der Waals surface area contributed by atoms with E-state index in [4.69, 9.17) is 5.73 Å². The maximum absolute atomic E-state index is 10.1. The quantitative estimate of drug-likeness (QED) is 0.893. The van der Waals surface area contributed by atoms with Crippen molar-refractivity contribution in [3.05, 3.63) is 41.6 Å². The number of nitrogens with two attached hydrogens (primary N) is 1. The summed E-state index contributed by atoms with van der Waals surface area (Å²) in [7, 11) is 0. The molecule has 3 rings (SSSR count). The topological polar surface area (TPSA) is 77.2 Å². The van der Waals surface area contributed by atoms with Gasteiger partial charge in [-0.15, -0.1) is 0 Å². The third kappa shape index (κ3) is 4.43. The normalized spacial score (nSPS) is 16.9. The summed E-state index contributed by atoms with van der Waals surface area (Å²) in [6.07, 6.45) is 1.25. The van der Waals surface area contributed by atoms with Crippen molar-refractivity contribution in [2.24, 2.45) is 5.73 Å². The number of fused-ring (bicyclic) bond motifs is 1. The van der Waals surface area contributed by atoms with Gasteiger partial charge < -0.3 is 15.8 Å². The highest BCUT2D eigenvalue weighted by Gasteiger charge is 2.16. The van der Waals surface area contributed by atoms with E-state index in [1.165, 1.54) is 10.9 Å². The molecule has 5 nitrogen and oxygen atoms in total. The smallest absolute Gasteiger partial charge is 0.404 e. The Morgan fingerprint density at radius 2 is 2.23 bits per heavy atom. The summed E-state index contributed by atoms with van der Waals surface area (Å²) in [6.45, 7) is 5.85. The van der Waals surface area contributed by atoms with E-state index >= 15 is 0 Å². The number of carbonyl (C=O) groups excluding carboxylic acids is 1. The molecular weight excluding hydrogens is 278 g/mol. The van der Waals surface area contributed by atoms with Crippen LogP contribution in [-0.4, -0.2) is 30.3 Å². The maximum atomic E-state index is 10.1. The summed E-state index contributed by atoms with van der Waals surface area (Å²) in [4.78, 5) is 14.7. The minimum atomic E-state index is -0.677. The average Bonchev–Trinajstić information content (AvgIpc) is 2.99. The van der Waals surface area contributed by atoms with Gasteiger partial charge in [0.05, 0.1) is 5.52 Å². The molecule has 3 N–H and O–H groups in total. The molecule has 0 radical (unpaired) electrons. The Balaban J connectivity index is 0.000000172. The zero-order chi connectivity index (χ0) is 15.9. The molecule has 22 heavy (non-hydrogen) atoms. The Labute approximate surface area is 130 Å². The summed E-state index contributed by atoms with van der Waals surface area (Å²) in [6, 6.07) is 10.5. The van der Waals surface area contributed by atoms with Crippen LogP contribution in [0.25, 0.3) is 10.9 Å². The largest absolute Gasteiger partial charge is 0.445 e. The summed E-state index contributed by atoms with van der Waals surface area (Å²) in [5.74, 6) is 0. The summed E-state index contributed by atoms with van der Waals surface area (Å²) >= 11 is 0. The molecule has 0 aliphatic carbocycles.